The van der Waals surface area contributed by atoms with Gasteiger partial charge < -0.3 is 4.90 Å². The fraction of sp³-hybridized carbons (Fsp3) is 0.400. The van der Waals surface area contributed by atoms with Crippen LogP contribution < -0.4 is 10.9 Å². The van der Waals surface area contributed by atoms with Crippen LogP contribution >= 0.6 is 0 Å². The van der Waals surface area contributed by atoms with Crippen molar-refractivity contribution >= 4 is 5.91 Å². The molecular formula is C30H37N5O. The summed E-state index contributed by atoms with van der Waals surface area (Å²) in [7, 11) is 2.23. The Morgan fingerprint density at radius 1 is 0.972 bits per heavy atom. The van der Waals surface area contributed by atoms with Gasteiger partial charge in [-0.05, 0) is 61.4 Å². The smallest absolute Gasteiger partial charge is 0.241 e. The zero-order valence-corrected chi connectivity index (χ0v) is 21.1. The molecule has 1 amide bonds. The minimum absolute atomic E-state index is 0.167. The maximum atomic E-state index is 13.3. The summed E-state index contributed by atoms with van der Waals surface area (Å²) < 4.78 is 0. The molecule has 188 valence electrons. The Hall–Kier alpha value is -3.06. The fourth-order valence-electron chi connectivity index (χ4n) is 5.78. The molecule has 0 spiro atoms. The molecule has 2 fully saturated rings. The number of rotatable bonds is 8. The van der Waals surface area contributed by atoms with E-state index in [0.717, 1.165) is 45.3 Å². The molecule has 0 bridgehead atoms. The number of nitrogens with zero attached hydrogens (tertiary/aromatic N) is 3. The maximum Gasteiger partial charge on any atom is 0.241 e. The molecule has 3 aromatic rings. The molecular weight excluding hydrogens is 446 g/mol. The molecule has 0 aliphatic carbocycles. The van der Waals surface area contributed by atoms with Gasteiger partial charge in [0, 0.05) is 44.1 Å². The van der Waals surface area contributed by atoms with E-state index in [1.54, 1.807) is 0 Å². The Kier molecular flexibility index (Phi) is 8.06. The summed E-state index contributed by atoms with van der Waals surface area (Å²) in [5.41, 5.74) is 10.4. The molecule has 3 heterocycles. The van der Waals surface area contributed by atoms with Crippen LogP contribution in [0.1, 0.15) is 42.0 Å². The van der Waals surface area contributed by atoms with Gasteiger partial charge in [-0.15, -0.1) is 0 Å². The Bertz CT molecular complexity index is 1090. The number of hydrogen-bond donors (Lipinski definition) is 2. The molecule has 0 radical (unpaired) electrons. The number of amides is 1. The van der Waals surface area contributed by atoms with Gasteiger partial charge in [0.1, 0.15) is 6.04 Å². The number of benzene rings is 2. The van der Waals surface area contributed by atoms with Crippen LogP contribution in [-0.4, -0.2) is 52.9 Å². The van der Waals surface area contributed by atoms with Crippen LogP contribution in [0.5, 0.6) is 0 Å². The second kappa shape index (κ2) is 11.8. The number of nitrogens with one attached hydrogen (secondary N) is 2. The minimum atomic E-state index is -0.167. The second-order valence-electron chi connectivity index (χ2n) is 10.2. The molecule has 2 N–H and O–H groups in total. The van der Waals surface area contributed by atoms with Gasteiger partial charge >= 0.3 is 0 Å². The van der Waals surface area contributed by atoms with E-state index in [1.165, 1.54) is 16.7 Å². The van der Waals surface area contributed by atoms with Gasteiger partial charge in [-0.2, -0.15) is 0 Å². The number of hydrogen-bond acceptors (Lipinski definition) is 5. The first kappa shape index (κ1) is 24.6. The van der Waals surface area contributed by atoms with Gasteiger partial charge in [-0.3, -0.25) is 14.7 Å². The van der Waals surface area contributed by atoms with Crippen LogP contribution in [0.2, 0.25) is 0 Å². The molecule has 0 saturated carbocycles. The van der Waals surface area contributed by atoms with Crippen molar-refractivity contribution in [3.05, 3.63) is 102 Å². The molecule has 2 aromatic carbocycles. The van der Waals surface area contributed by atoms with E-state index in [9.17, 15) is 4.79 Å². The number of carbonyl (C=O) groups is 1. The summed E-state index contributed by atoms with van der Waals surface area (Å²) in [4.78, 5) is 22.2. The highest BCUT2D eigenvalue weighted by Gasteiger charge is 2.36. The van der Waals surface area contributed by atoms with Crippen molar-refractivity contribution in [2.45, 2.75) is 50.4 Å². The predicted molar refractivity (Wildman–Crippen MR) is 143 cm³/mol. The zero-order valence-electron chi connectivity index (χ0n) is 21.1. The standard InChI is InChI=1S/C30H37N5O/c1-34(22-24-11-8-16-31-21-24)29(19-23-9-4-2-5-10-23)26-14-17-35(18-15-26)30(36)28-20-27(32-33-28)25-12-6-3-7-13-25/h2-13,16,21,26-29,32-33H,14-15,17-20,22H2,1H3. The van der Waals surface area contributed by atoms with Crippen molar-refractivity contribution < 1.29 is 4.79 Å². The van der Waals surface area contributed by atoms with Crippen molar-refractivity contribution in [2.75, 3.05) is 20.1 Å². The summed E-state index contributed by atoms with van der Waals surface area (Å²) in [6.07, 6.45) is 7.65. The highest BCUT2D eigenvalue weighted by atomic mass is 16.2. The van der Waals surface area contributed by atoms with E-state index < -0.39 is 0 Å². The lowest BCUT2D eigenvalue weighted by Crippen LogP contribution is -2.51. The number of hydrazine groups is 1. The van der Waals surface area contributed by atoms with Crippen molar-refractivity contribution in [3.63, 3.8) is 0 Å². The molecule has 6 heteroatoms. The normalized spacial score (nSPS) is 21.6. The van der Waals surface area contributed by atoms with Crippen LogP contribution in [0.25, 0.3) is 0 Å². The zero-order chi connectivity index (χ0) is 24.7. The third kappa shape index (κ3) is 6.01. The largest absolute Gasteiger partial charge is 0.341 e. The first-order valence-electron chi connectivity index (χ1n) is 13.1. The van der Waals surface area contributed by atoms with Gasteiger partial charge in [-0.1, -0.05) is 66.7 Å². The molecule has 5 rings (SSSR count). The van der Waals surface area contributed by atoms with Crippen LogP contribution in [0.15, 0.2) is 85.2 Å². The van der Waals surface area contributed by atoms with Crippen LogP contribution in [-0.2, 0) is 17.8 Å². The van der Waals surface area contributed by atoms with E-state index in [-0.39, 0.29) is 18.0 Å². The number of pyridine rings is 1. The van der Waals surface area contributed by atoms with Crippen molar-refractivity contribution in [2.24, 2.45) is 5.92 Å². The number of piperidine rings is 1. The van der Waals surface area contributed by atoms with Crippen molar-refractivity contribution in [1.82, 2.24) is 25.6 Å². The summed E-state index contributed by atoms with van der Waals surface area (Å²) in [6.45, 7) is 2.52. The molecule has 36 heavy (non-hydrogen) atoms. The van der Waals surface area contributed by atoms with Gasteiger partial charge in [-0.25, -0.2) is 10.9 Å². The van der Waals surface area contributed by atoms with Gasteiger partial charge in [0.25, 0.3) is 0 Å². The van der Waals surface area contributed by atoms with E-state index in [0.29, 0.717) is 12.0 Å². The lowest BCUT2D eigenvalue weighted by molar-refractivity contribution is -0.134. The summed E-state index contributed by atoms with van der Waals surface area (Å²) in [6, 6.07) is 25.7. The molecule has 3 unspecified atom stereocenters. The lowest BCUT2D eigenvalue weighted by atomic mass is 9.84. The van der Waals surface area contributed by atoms with E-state index in [1.807, 2.05) is 36.7 Å². The molecule has 3 atom stereocenters. The lowest BCUT2D eigenvalue weighted by Gasteiger charge is -2.40. The quantitative estimate of drug-likeness (QED) is 0.508. The summed E-state index contributed by atoms with van der Waals surface area (Å²) in [5.74, 6) is 0.769. The number of likely N-dealkylation sites (N-methyl/N-ethyl adjacent to an activating group) is 1. The Morgan fingerprint density at radius 3 is 2.36 bits per heavy atom. The number of likely N-dealkylation sites (tertiary alicyclic amines) is 1. The second-order valence-corrected chi connectivity index (χ2v) is 10.2. The maximum absolute atomic E-state index is 13.3. The van der Waals surface area contributed by atoms with Crippen LogP contribution in [0, 0.1) is 5.92 Å². The highest BCUT2D eigenvalue weighted by molar-refractivity contribution is 5.82. The molecule has 2 aliphatic heterocycles. The highest BCUT2D eigenvalue weighted by Crippen LogP contribution is 2.29. The van der Waals surface area contributed by atoms with Gasteiger partial charge in [0.2, 0.25) is 5.91 Å². The van der Waals surface area contributed by atoms with Gasteiger partial charge in [0.15, 0.2) is 0 Å². The summed E-state index contributed by atoms with van der Waals surface area (Å²) in [5, 5.41) is 0. The Balaban J connectivity index is 1.20. The SMILES string of the molecule is CN(Cc1cccnc1)C(Cc1ccccc1)C1CCN(C(=O)C2CC(c3ccccc3)NN2)CC1. The first-order valence-corrected chi connectivity index (χ1v) is 13.1. The average molecular weight is 484 g/mol. The van der Waals surface area contributed by atoms with Crippen molar-refractivity contribution in [1.29, 1.82) is 0 Å². The van der Waals surface area contributed by atoms with Crippen LogP contribution in [0.4, 0.5) is 0 Å². The van der Waals surface area contributed by atoms with Gasteiger partial charge in [0.05, 0.1) is 0 Å². The molecule has 1 aromatic heterocycles. The topological polar surface area (TPSA) is 60.5 Å². The Morgan fingerprint density at radius 2 is 1.67 bits per heavy atom. The van der Waals surface area contributed by atoms with Crippen LogP contribution in [0.3, 0.4) is 0 Å². The molecule has 2 saturated heterocycles. The molecule has 2 aliphatic rings. The van der Waals surface area contributed by atoms with E-state index in [2.05, 4.69) is 81.2 Å². The van der Waals surface area contributed by atoms with E-state index >= 15 is 0 Å². The fourth-order valence-corrected chi connectivity index (χ4v) is 5.78. The van der Waals surface area contributed by atoms with Crippen molar-refractivity contribution in [3.8, 4) is 0 Å². The monoisotopic (exact) mass is 483 g/mol. The number of carbonyl (C=O) groups excluding carboxylic acids is 1. The number of aromatic nitrogens is 1. The third-order valence-corrected chi connectivity index (χ3v) is 7.81. The predicted octanol–water partition coefficient (Wildman–Crippen LogP) is 3.97. The average Bonchev–Trinajstić information content (AvgIpc) is 3.44. The minimum Gasteiger partial charge on any atom is -0.341 e. The third-order valence-electron chi connectivity index (χ3n) is 7.81. The summed E-state index contributed by atoms with van der Waals surface area (Å²) >= 11 is 0. The van der Waals surface area contributed by atoms with E-state index in [4.69, 9.17) is 0 Å². The first-order chi connectivity index (χ1) is 17.7. The molecule has 6 nitrogen and oxygen atoms in total. The Labute approximate surface area is 214 Å².